The highest BCUT2D eigenvalue weighted by molar-refractivity contribution is 5.81. The second kappa shape index (κ2) is 9.16. The van der Waals surface area contributed by atoms with Crippen molar-refractivity contribution in [2.24, 2.45) is 5.73 Å². The van der Waals surface area contributed by atoms with Crippen molar-refractivity contribution >= 4 is 11.5 Å². The molecule has 4 rings (SSSR count). The highest BCUT2D eigenvalue weighted by Gasteiger charge is 2.41. The van der Waals surface area contributed by atoms with Gasteiger partial charge in [0.2, 0.25) is 0 Å². The molecule has 1 fully saturated rings. The topological polar surface area (TPSA) is 97.0 Å². The number of para-hydroxylation sites is 1. The van der Waals surface area contributed by atoms with Crippen molar-refractivity contribution in [2.45, 2.75) is 37.8 Å². The van der Waals surface area contributed by atoms with Crippen LogP contribution < -0.4 is 20.5 Å². The average molecular weight is 426 g/mol. The first-order chi connectivity index (χ1) is 14.9. The number of carbonyl (C=O) groups is 1. The van der Waals surface area contributed by atoms with Gasteiger partial charge in [0.1, 0.15) is 35.2 Å². The van der Waals surface area contributed by atoms with E-state index in [2.05, 4.69) is 28.4 Å². The van der Waals surface area contributed by atoms with Crippen LogP contribution in [-0.4, -0.2) is 60.2 Å². The normalized spacial score (nSPS) is 18.3. The van der Waals surface area contributed by atoms with Gasteiger partial charge in [-0.15, -0.1) is 0 Å². The zero-order valence-electron chi connectivity index (χ0n) is 18.0. The van der Waals surface area contributed by atoms with Gasteiger partial charge in [0.15, 0.2) is 0 Å². The minimum absolute atomic E-state index is 0.0212. The molecule has 2 aromatic carbocycles. The fraction of sp³-hybridized carbons (Fsp3) is 0.458. The monoisotopic (exact) mass is 425 g/mol. The molecule has 1 saturated heterocycles. The number of hydrogen-bond acceptors (Lipinski definition) is 7. The number of piperidine rings is 1. The predicted molar refractivity (Wildman–Crippen MR) is 120 cm³/mol. The van der Waals surface area contributed by atoms with Crippen molar-refractivity contribution in [1.29, 1.82) is 0 Å². The van der Waals surface area contributed by atoms with E-state index in [9.17, 15) is 9.90 Å². The third kappa shape index (κ3) is 5.29. The summed E-state index contributed by atoms with van der Waals surface area (Å²) in [5.74, 6) is 1.65. The molecule has 0 unspecified atom stereocenters. The summed E-state index contributed by atoms with van der Waals surface area (Å²) >= 11 is 0. The van der Waals surface area contributed by atoms with E-state index in [-0.39, 0.29) is 29.7 Å². The Labute approximate surface area is 183 Å². The van der Waals surface area contributed by atoms with Crippen molar-refractivity contribution in [3.8, 4) is 17.2 Å². The Morgan fingerprint density at radius 1 is 1.29 bits per heavy atom. The van der Waals surface area contributed by atoms with Crippen molar-refractivity contribution < 1.29 is 19.4 Å². The quantitative estimate of drug-likeness (QED) is 0.559. The summed E-state index contributed by atoms with van der Waals surface area (Å²) in [6, 6.07) is 12.9. The second-order valence-electron chi connectivity index (χ2n) is 8.68. The van der Waals surface area contributed by atoms with Gasteiger partial charge < -0.3 is 30.5 Å². The number of phenols is 1. The summed E-state index contributed by atoms with van der Waals surface area (Å²) in [4.78, 5) is 13.6. The number of rotatable bonds is 8. The molecule has 4 N–H and O–H groups in total. The van der Waals surface area contributed by atoms with E-state index in [1.807, 2.05) is 6.07 Å². The first-order valence-electron chi connectivity index (χ1n) is 10.9. The minimum Gasteiger partial charge on any atom is -0.508 e. The number of ketones is 1. The van der Waals surface area contributed by atoms with Crippen LogP contribution in [0, 0.1) is 0 Å². The van der Waals surface area contributed by atoms with Crippen LogP contribution in [0.15, 0.2) is 42.5 Å². The lowest BCUT2D eigenvalue weighted by Crippen LogP contribution is -2.51. The molecule has 166 valence electrons. The number of Topliss-reactive ketones (excluding diaryl/α,β-unsaturated/α-hetero) is 1. The third-order valence-electron chi connectivity index (χ3n) is 6.02. The van der Waals surface area contributed by atoms with Gasteiger partial charge in [0.25, 0.3) is 0 Å². The molecular weight excluding hydrogens is 394 g/mol. The SMILES string of the molecule is CC(=O)CNc1ccc(O)cc1OC[C@H](N)CN1CCC2(CC1)Cc1ccccc1O2. The van der Waals surface area contributed by atoms with Gasteiger partial charge in [-0.25, -0.2) is 0 Å². The number of fused-ring (bicyclic) bond motifs is 1. The standard InChI is InChI=1S/C24H31N3O4/c1-17(28)14-26-21-7-6-20(29)12-23(21)30-16-19(25)15-27-10-8-24(9-11-27)13-18-4-2-3-5-22(18)31-24/h2-7,12,19,26,29H,8-11,13-16,25H2,1H3/t19-/m1/s1. The molecule has 0 amide bonds. The van der Waals surface area contributed by atoms with Gasteiger partial charge in [-0.05, 0) is 30.7 Å². The molecule has 7 nitrogen and oxygen atoms in total. The number of nitrogens with two attached hydrogens (primary N) is 1. The highest BCUT2D eigenvalue weighted by atomic mass is 16.5. The van der Waals surface area contributed by atoms with Crippen LogP contribution in [0.3, 0.4) is 0 Å². The molecule has 7 heteroatoms. The number of benzene rings is 2. The molecule has 1 atom stereocenters. The summed E-state index contributed by atoms with van der Waals surface area (Å²) in [7, 11) is 0. The summed E-state index contributed by atoms with van der Waals surface area (Å²) in [5.41, 5.74) is 8.24. The Bertz CT molecular complexity index is 898. The number of anilines is 1. The Morgan fingerprint density at radius 2 is 2.06 bits per heavy atom. The third-order valence-corrected chi connectivity index (χ3v) is 6.02. The average Bonchev–Trinajstić information content (AvgIpc) is 3.11. The summed E-state index contributed by atoms with van der Waals surface area (Å²) in [6.07, 6.45) is 2.96. The van der Waals surface area contributed by atoms with Crippen LogP contribution in [0.25, 0.3) is 0 Å². The zero-order valence-corrected chi connectivity index (χ0v) is 18.0. The highest BCUT2D eigenvalue weighted by Crippen LogP contribution is 2.40. The first kappa shape index (κ1) is 21.5. The van der Waals surface area contributed by atoms with Crippen LogP contribution in [0.5, 0.6) is 17.2 Å². The van der Waals surface area contributed by atoms with E-state index < -0.39 is 0 Å². The Hall–Kier alpha value is -2.77. The van der Waals surface area contributed by atoms with E-state index in [0.29, 0.717) is 18.0 Å². The fourth-order valence-electron chi connectivity index (χ4n) is 4.37. The number of hydrogen-bond donors (Lipinski definition) is 3. The van der Waals surface area contributed by atoms with Crippen LogP contribution in [-0.2, 0) is 11.2 Å². The first-order valence-corrected chi connectivity index (χ1v) is 10.9. The van der Waals surface area contributed by atoms with Crippen molar-refractivity contribution in [3.05, 3.63) is 48.0 Å². The van der Waals surface area contributed by atoms with Gasteiger partial charge >= 0.3 is 0 Å². The number of phenolic OH excluding ortho intramolecular Hbond substituents is 1. The number of aromatic hydroxyl groups is 1. The summed E-state index contributed by atoms with van der Waals surface area (Å²) in [5, 5.41) is 12.8. The molecular formula is C24H31N3O4. The molecule has 31 heavy (non-hydrogen) atoms. The van der Waals surface area contributed by atoms with Crippen LogP contribution in [0.4, 0.5) is 5.69 Å². The maximum Gasteiger partial charge on any atom is 0.148 e. The molecule has 0 aromatic heterocycles. The lowest BCUT2D eigenvalue weighted by atomic mass is 9.87. The van der Waals surface area contributed by atoms with Crippen LogP contribution >= 0.6 is 0 Å². The number of nitrogens with zero attached hydrogens (tertiary/aromatic N) is 1. The van der Waals surface area contributed by atoms with Gasteiger partial charge in [-0.3, -0.25) is 4.79 Å². The van der Waals surface area contributed by atoms with Crippen LogP contribution in [0.1, 0.15) is 25.3 Å². The lowest BCUT2D eigenvalue weighted by molar-refractivity contribution is -0.115. The number of nitrogens with one attached hydrogen (secondary N) is 1. The maximum absolute atomic E-state index is 11.3. The summed E-state index contributed by atoms with van der Waals surface area (Å²) < 4.78 is 12.2. The summed E-state index contributed by atoms with van der Waals surface area (Å²) in [6.45, 7) is 4.66. The van der Waals surface area contributed by atoms with E-state index in [1.165, 1.54) is 18.6 Å². The fourth-order valence-corrected chi connectivity index (χ4v) is 4.37. The van der Waals surface area contributed by atoms with Gasteiger partial charge in [0, 0.05) is 45.0 Å². The minimum atomic E-state index is -0.168. The molecule has 0 bridgehead atoms. The van der Waals surface area contributed by atoms with Crippen LogP contribution in [0.2, 0.25) is 0 Å². The second-order valence-corrected chi connectivity index (χ2v) is 8.68. The number of likely N-dealkylation sites (tertiary alicyclic amines) is 1. The molecule has 1 spiro atoms. The van der Waals surface area contributed by atoms with Gasteiger partial charge in [-0.1, -0.05) is 18.2 Å². The predicted octanol–water partition coefficient (Wildman–Crippen LogP) is 2.57. The Morgan fingerprint density at radius 3 is 2.81 bits per heavy atom. The maximum atomic E-state index is 11.3. The number of ether oxygens (including phenoxy) is 2. The molecule has 0 radical (unpaired) electrons. The number of carbonyl (C=O) groups excluding carboxylic acids is 1. The van der Waals surface area contributed by atoms with E-state index in [0.717, 1.165) is 44.6 Å². The molecule has 0 saturated carbocycles. The van der Waals surface area contributed by atoms with Crippen molar-refractivity contribution in [2.75, 3.05) is 38.1 Å². The van der Waals surface area contributed by atoms with Gasteiger partial charge in [0.05, 0.1) is 18.3 Å². The van der Waals surface area contributed by atoms with Crippen molar-refractivity contribution in [1.82, 2.24) is 4.90 Å². The van der Waals surface area contributed by atoms with E-state index >= 15 is 0 Å². The Kier molecular flexibility index (Phi) is 6.34. The van der Waals surface area contributed by atoms with E-state index in [1.54, 1.807) is 12.1 Å². The molecule has 2 aliphatic heterocycles. The molecule has 2 aliphatic rings. The smallest absolute Gasteiger partial charge is 0.148 e. The lowest BCUT2D eigenvalue weighted by Gasteiger charge is -2.39. The van der Waals surface area contributed by atoms with Crippen molar-refractivity contribution in [3.63, 3.8) is 0 Å². The van der Waals surface area contributed by atoms with E-state index in [4.69, 9.17) is 15.2 Å². The Balaban J connectivity index is 1.26. The molecule has 2 aromatic rings. The molecule has 0 aliphatic carbocycles. The van der Waals surface area contributed by atoms with Gasteiger partial charge in [-0.2, -0.15) is 0 Å². The molecule has 2 heterocycles. The zero-order chi connectivity index (χ0) is 21.8. The largest absolute Gasteiger partial charge is 0.508 e.